The minimum Gasteiger partial charge on any atom is -0.489 e. The number of hydrogen-bond donors (Lipinski definition) is 1. The van der Waals surface area contributed by atoms with Crippen LogP contribution in [0.5, 0.6) is 5.75 Å². The van der Waals surface area contributed by atoms with Crippen LogP contribution >= 0.6 is 0 Å². The molecule has 5 heteroatoms. The van der Waals surface area contributed by atoms with Crippen molar-refractivity contribution in [3.63, 3.8) is 0 Å². The van der Waals surface area contributed by atoms with Crippen LogP contribution in [-0.4, -0.2) is 5.91 Å². The lowest BCUT2D eigenvalue weighted by molar-refractivity contribution is 0.0951. The van der Waals surface area contributed by atoms with E-state index in [1.807, 2.05) is 61.5 Å². The zero-order valence-corrected chi connectivity index (χ0v) is 16.6. The molecule has 0 unspecified atom stereocenters. The largest absolute Gasteiger partial charge is 0.489 e. The summed E-state index contributed by atoms with van der Waals surface area (Å²) >= 11 is 0. The summed E-state index contributed by atoms with van der Waals surface area (Å²) in [5.74, 6) is 0.493. The average molecular weight is 399 g/mol. The number of hydrogen-bond acceptors (Lipinski definition) is 4. The van der Waals surface area contributed by atoms with Gasteiger partial charge in [0.2, 0.25) is 0 Å². The monoisotopic (exact) mass is 399 g/mol. The Hall–Kier alpha value is -3.86. The van der Waals surface area contributed by atoms with E-state index in [4.69, 9.17) is 9.15 Å². The SMILES string of the molecule is Cc1cc(=O)oc2cc(OCc3ccc(C(=O)NCc4ccccc4)cc3)ccc12. The molecule has 3 aromatic carbocycles. The van der Waals surface area contributed by atoms with Crippen LogP contribution in [0.15, 0.2) is 88.1 Å². The predicted octanol–water partition coefficient (Wildman–Crippen LogP) is 4.61. The number of benzene rings is 3. The van der Waals surface area contributed by atoms with Crippen molar-refractivity contribution >= 4 is 16.9 Å². The van der Waals surface area contributed by atoms with Gasteiger partial charge in [-0.15, -0.1) is 0 Å². The topological polar surface area (TPSA) is 68.5 Å². The van der Waals surface area contributed by atoms with Crippen molar-refractivity contribution < 1.29 is 13.9 Å². The fraction of sp³-hybridized carbons (Fsp3) is 0.120. The molecule has 0 bridgehead atoms. The van der Waals surface area contributed by atoms with Crippen molar-refractivity contribution in [1.82, 2.24) is 5.32 Å². The fourth-order valence-electron chi connectivity index (χ4n) is 3.19. The van der Waals surface area contributed by atoms with Crippen molar-refractivity contribution in [3.8, 4) is 5.75 Å². The first kappa shape index (κ1) is 19.5. The van der Waals surface area contributed by atoms with Crippen LogP contribution in [-0.2, 0) is 13.2 Å². The Labute approximate surface area is 173 Å². The molecule has 1 amide bonds. The summed E-state index contributed by atoms with van der Waals surface area (Å²) in [4.78, 5) is 23.9. The molecule has 0 saturated heterocycles. The molecule has 1 heterocycles. The molecule has 0 aliphatic heterocycles. The average Bonchev–Trinajstić information content (AvgIpc) is 2.76. The highest BCUT2D eigenvalue weighted by Gasteiger charge is 2.07. The third-order valence-corrected chi connectivity index (χ3v) is 4.84. The van der Waals surface area contributed by atoms with Crippen LogP contribution in [0.2, 0.25) is 0 Å². The summed E-state index contributed by atoms with van der Waals surface area (Å²) in [7, 11) is 0. The van der Waals surface area contributed by atoms with E-state index in [1.54, 1.807) is 18.2 Å². The molecule has 0 aliphatic rings. The molecule has 4 aromatic rings. The Balaban J connectivity index is 1.37. The van der Waals surface area contributed by atoms with Gasteiger partial charge in [0.25, 0.3) is 5.91 Å². The summed E-state index contributed by atoms with van der Waals surface area (Å²) in [5.41, 5.74) is 3.57. The molecule has 1 aromatic heterocycles. The second-order valence-electron chi connectivity index (χ2n) is 7.06. The van der Waals surface area contributed by atoms with E-state index in [0.29, 0.717) is 30.0 Å². The van der Waals surface area contributed by atoms with E-state index < -0.39 is 0 Å². The van der Waals surface area contributed by atoms with Crippen molar-refractivity contribution in [2.75, 3.05) is 0 Å². The van der Waals surface area contributed by atoms with Crippen molar-refractivity contribution in [2.45, 2.75) is 20.1 Å². The molecule has 0 spiro atoms. The van der Waals surface area contributed by atoms with E-state index in [1.165, 1.54) is 6.07 Å². The predicted molar refractivity (Wildman–Crippen MR) is 116 cm³/mol. The van der Waals surface area contributed by atoms with Crippen LogP contribution in [0.4, 0.5) is 0 Å². The molecule has 5 nitrogen and oxygen atoms in total. The molecule has 150 valence electrons. The lowest BCUT2D eigenvalue weighted by atomic mass is 10.1. The second-order valence-corrected chi connectivity index (χ2v) is 7.06. The van der Waals surface area contributed by atoms with Gasteiger partial charge in [-0.1, -0.05) is 42.5 Å². The number of fused-ring (bicyclic) bond motifs is 1. The van der Waals surface area contributed by atoms with Gasteiger partial charge in [-0.3, -0.25) is 4.79 Å². The van der Waals surface area contributed by atoms with Crippen LogP contribution < -0.4 is 15.7 Å². The number of aryl methyl sites for hydroxylation is 1. The van der Waals surface area contributed by atoms with Gasteiger partial charge in [-0.25, -0.2) is 4.79 Å². The van der Waals surface area contributed by atoms with E-state index in [-0.39, 0.29) is 11.5 Å². The molecule has 0 saturated carbocycles. The van der Waals surface area contributed by atoms with E-state index in [2.05, 4.69) is 5.32 Å². The van der Waals surface area contributed by atoms with Gasteiger partial charge >= 0.3 is 5.63 Å². The van der Waals surface area contributed by atoms with Gasteiger partial charge in [0.15, 0.2) is 0 Å². The van der Waals surface area contributed by atoms with Gasteiger partial charge in [-0.05, 0) is 47.9 Å². The Morgan fingerprint density at radius 2 is 1.70 bits per heavy atom. The van der Waals surface area contributed by atoms with Crippen LogP contribution in [0.3, 0.4) is 0 Å². The zero-order valence-electron chi connectivity index (χ0n) is 16.6. The first-order valence-corrected chi connectivity index (χ1v) is 9.67. The van der Waals surface area contributed by atoms with Crippen molar-refractivity contribution in [2.24, 2.45) is 0 Å². The minimum atomic E-state index is -0.377. The molecule has 0 fully saturated rings. The summed E-state index contributed by atoms with van der Waals surface area (Å²) < 4.78 is 11.1. The summed E-state index contributed by atoms with van der Waals surface area (Å²) in [5, 5.41) is 3.79. The summed E-state index contributed by atoms with van der Waals surface area (Å²) in [6.45, 7) is 2.70. The number of ether oxygens (including phenoxy) is 1. The Bertz CT molecular complexity index is 1230. The van der Waals surface area contributed by atoms with Crippen molar-refractivity contribution in [3.05, 3.63) is 112 Å². The second kappa shape index (κ2) is 8.66. The van der Waals surface area contributed by atoms with E-state index >= 15 is 0 Å². The van der Waals surface area contributed by atoms with Gasteiger partial charge in [0.1, 0.15) is 17.9 Å². The van der Waals surface area contributed by atoms with Gasteiger partial charge < -0.3 is 14.5 Å². The maximum absolute atomic E-state index is 12.3. The maximum atomic E-state index is 12.3. The third kappa shape index (κ3) is 4.58. The minimum absolute atomic E-state index is 0.119. The molecule has 1 N–H and O–H groups in total. The highest BCUT2D eigenvalue weighted by atomic mass is 16.5. The quantitative estimate of drug-likeness (QED) is 0.481. The first-order valence-electron chi connectivity index (χ1n) is 9.67. The third-order valence-electron chi connectivity index (χ3n) is 4.84. The smallest absolute Gasteiger partial charge is 0.336 e. The van der Waals surface area contributed by atoms with Crippen molar-refractivity contribution in [1.29, 1.82) is 0 Å². The van der Waals surface area contributed by atoms with Gasteiger partial charge in [-0.2, -0.15) is 0 Å². The highest BCUT2D eigenvalue weighted by molar-refractivity contribution is 5.94. The van der Waals surface area contributed by atoms with Crippen LogP contribution in [0.1, 0.15) is 27.0 Å². The summed E-state index contributed by atoms with van der Waals surface area (Å²) in [6.07, 6.45) is 0. The van der Waals surface area contributed by atoms with E-state index in [0.717, 1.165) is 22.1 Å². The lowest BCUT2D eigenvalue weighted by Gasteiger charge is -2.09. The maximum Gasteiger partial charge on any atom is 0.336 e. The number of carbonyl (C=O) groups excluding carboxylic acids is 1. The van der Waals surface area contributed by atoms with E-state index in [9.17, 15) is 9.59 Å². The molecule has 0 aliphatic carbocycles. The lowest BCUT2D eigenvalue weighted by Crippen LogP contribution is -2.22. The molecule has 0 atom stereocenters. The highest BCUT2D eigenvalue weighted by Crippen LogP contribution is 2.23. The normalized spacial score (nSPS) is 10.7. The Kier molecular flexibility index (Phi) is 5.61. The molecule has 4 rings (SSSR count). The number of amides is 1. The molecular weight excluding hydrogens is 378 g/mol. The van der Waals surface area contributed by atoms with Crippen LogP contribution in [0.25, 0.3) is 11.0 Å². The summed E-state index contributed by atoms with van der Waals surface area (Å²) in [6, 6.07) is 24.0. The standard InChI is InChI=1S/C25H21NO4/c1-17-13-24(27)30-23-14-21(11-12-22(17)23)29-16-19-7-9-20(10-8-19)25(28)26-15-18-5-3-2-4-6-18/h2-14H,15-16H2,1H3,(H,26,28). The van der Waals surface area contributed by atoms with Crippen LogP contribution in [0, 0.1) is 6.92 Å². The zero-order chi connectivity index (χ0) is 20.9. The molecule has 30 heavy (non-hydrogen) atoms. The molecule has 0 radical (unpaired) electrons. The fourth-order valence-corrected chi connectivity index (χ4v) is 3.19. The number of rotatable bonds is 6. The number of nitrogens with one attached hydrogen (secondary N) is 1. The first-order chi connectivity index (χ1) is 14.6. The molecular formula is C25H21NO4. The number of carbonyl (C=O) groups is 1. The Morgan fingerprint density at radius 3 is 2.47 bits per heavy atom. The van der Waals surface area contributed by atoms with Gasteiger partial charge in [0, 0.05) is 29.6 Å². The van der Waals surface area contributed by atoms with Gasteiger partial charge in [0.05, 0.1) is 0 Å². The Morgan fingerprint density at radius 1 is 0.933 bits per heavy atom.